The monoisotopic (exact) mass is 338 g/mol. The molecule has 1 aromatic carbocycles. The fourth-order valence-corrected chi connectivity index (χ4v) is 3.42. The Hall–Kier alpha value is -2.43. The van der Waals surface area contributed by atoms with Crippen LogP contribution in [0.2, 0.25) is 0 Å². The summed E-state index contributed by atoms with van der Waals surface area (Å²) in [4.78, 5) is 23.7. The molecule has 3 rings (SSSR count). The largest absolute Gasteiger partial charge is 0.355 e. The number of piperidine rings is 1. The van der Waals surface area contributed by atoms with Crippen LogP contribution in [0.15, 0.2) is 42.6 Å². The van der Waals surface area contributed by atoms with E-state index in [-0.39, 0.29) is 11.3 Å². The van der Waals surface area contributed by atoms with E-state index in [1.807, 2.05) is 31.2 Å². The average molecular weight is 338 g/mol. The van der Waals surface area contributed by atoms with Crippen LogP contribution < -0.4 is 10.2 Å². The number of benzene rings is 1. The fraction of sp³-hybridized carbons (Fsp3) is 0.450. The van der Waals surface area contributed by atoms with Crippen molar-refractivity contribution in [2.75, 3.05) is 24.5 Å². The molecular formula is C20H26N4O. The fourth-order valence-electron chi connectivity index (χ4n) is 3.42. The van der Waals surface area contributed by atoms with Gasteiger partial charge in [-0.3, -0.25) is 4.79 Å². The number of nitrogens with zero attached hydrogens (tertiary/aromatic N) is 3. The van der Waals surface area contributed by atoms with Crippen LogP contribution in [-0.4, -0.2) is 35.5 Å². The number of nitrogens with one attached hydrogen (secondary N) is 1. The van der Waals surface area contributed by atoms with Crippen LogP contribution in [0.1, 0.15) is 31.2 Å². The van der Waals surface area contributed by atoms with E-state index in [1.165, 1.54) is 5.56 Å². The Kier molecular flexibility index (Phi) is 5.31. The summed E-state index contributed by atoms with van der Waals surface area (Å²) in [5.41, 5.74) is 0.864. The molecule has 0 spiro atoms. The highest BCUT2D eigenvalue weighted by Gasteiger charge is 2.38. The highest BCUT2D eigenvalue weighted by Crippen LogP contribution is 2.31. The molecule has 2 aromatic rings. The third kappa shape index (κ3) is 4.35. The van der Waals surface area contributed by atoms with Crippen LogP contribution in [0.5, 0.6) is 0 Å². The number of rotatable bonds is 5. The van der Waals surface area contributed by atoms with E-state index in [4.69, 9.17) is 0 Å². The minimum atomic E-state index is -0.381. The zero-order valence-electron chi connectivity index (χ0n) is 15.0. The van der Waals surface area contributed by atoms with Crippen LogP contribution in [0.3, 0.4) is 0 Å². The van der Waals surface area contributed by atoms with E-state index in [2.05, 4.69) is 39.2 Å². The molecule has 2 heterocycles. The third-order valence-electron chi connectivity index (χ3n) is 4.87. The van der Waals surface area contributed by atoms with Crippen molar-refractivity contribution in [3.05, 3.63) is 54.0 Å². The Balaban J connectivity index is 1.59. The van der Waals surface area contributed by atoms with Gasteiger partial charge in [0.05, 0.1) is 5.41 Å². The first-order valence-electron chi connectivity index (χ1n) is 8.94. The van der Waals surface area contributed by atoms with Crippen molar-refractivity contribution in [1.29, 1.82) is 0 Å². The molecule has 1 unspecified atom stereocenters. The Bertz CT molecular complexity index is 719. The number of aryl methyl sites for hydroxylation is 1. The summed E-state index contributed by atoms with van der Waals surface area (Å²) in [7, 11) is 0. The predicted molar refractivity (Wildman–Crippen MR) is 99.5 cm³/mol. The summed E-state index contributed by atoms with van der Waals surface area (Å²) >= 11 is 0. The van der Waals surface area contributed by atoms with Crippen molar-refractivity contribution >= 4 is 11.7 Å². The van der Waals surface area contributed by atoms with Gasteiger partial charge in [0.15, 0.2) is 0 Å². The van der Waals surface area contributed by atoms with Crippen LogP contribution in [0.4, 0.5) is 5.82 Å². The molecule has 1 atom stereocenters. The maximum Gasteiger partial charge on any atom is 0.227 e. The summed E-state index contributed by atoms with van der Waals surface area (Å²) in [5.74, 6) is 1.81. The minimum absolute atomic E-state index is 0.138. The molecule has 0 aliphatic carbocycles. The Morgan fingerprint density at radius 1 is 1.28 bits per heavy atom. The minimum Gasteiger partial charge on any atom is -0.355 e. The number of hydrogen-bond acceptors (Lipinski definition) is 4. The second-order valence-electron chi connectivity index (χ2n) is 7.04. The molecule has 132 valence electrons. The maximum atomic E-state index is 12.8. The van der Waals surface area contributed by atoms with Gasteiger partial charge in [0.25, 0.3) is 0 Å². The molecule has 25 heavy (non-hydrogen) atoms. The van der Waals surface area contributed by atoms with E-state index >= 15 is 0 Å². The number of anilines is 1. The maximum absolute atomic E-state index is 12.8. The molecule has 5 nitrogen and oxygen atoms in total. The van der Waals surface area contributed by atoms with Gasteiger partial charge in [0.2, 0.25) is 5.91 Å². The Morgan fingerprint density at radius 3 is 2.84 bits per heavy atom. The summed E-state index contributed by atoms with van der Waals surface area (Å²) in [6, 6.07) is 12.2. The van der Waals surface area contributed by atoms with Crippen molar-refractivity contribution in [1.82, 2.24) is 15.3 Å². The lowest BCUT2D eigenvalue weighted by atomic mass is 9.81. The molecule has 1 N–H and O–H groups in total. The summed E-state index contributed by atoms with van der Waals surface area (Å²) in [6.07, 6.45) is 4.54. The molecular weight excluding hydrogens is 312 g/mol. The average Bonchev–Trinajstić information content (AvgIpc) is 2.62. The van der Waals surface area contributed by atoms with E-state index in [1.54, 1.807) is 6.20 Å². The lowest BCUT2D eigenvalue weighted by Gasteiger charge is -2.40. The van der Waals surface area contributed by atoms with Crippen LogP contribution in [0, 0.1) is 12.3 Å². The van der Waals surface area contributed by atoms with Crippen LogP contribution in [0.25, 0.3) is 0 Å². The topological polar surface area (TPSA) is 58.1 Å². The predicted octanol–water partition coefficient (Wildman–Crippen LogP) is 2.75. The van der Waals surface area contributed by atoms with Gasteiger partial charge in [0.1, 0.15) is 11.6 Å². The summed E-state index contributed by atoms with van der Waals surface area (Å²) in [5, 5.41) is 3.13. The zero-order valence-corrected chi connectivity index (χ0v) is 15.0. The number of amides is 1. The van der Waals surface area contributed by atoms with Gasteiger partial charge >= 0.3 is 0 Å². The Labute approximate surface area is 149 Å². The molecule has 5 heteroatoms. The smallest absolute Gasteiger partial charge is 0.227 e. The molecule has 1 saturated heterocycles. The summed E-state index contributed by atoms with van der Waals surface area (Å²) < 4.78 is 0. The third-order valence-corrected chi connectivity index (χ3v) is 4.87. The first-order valence-corrected chi connectivity index (χ1v) is 8.94. The highest BCUT2D eigenvalue weighted by atomic mass is 16.2. The normalized spacial score (nSPS) is 20.3. The molecule has 1 aliphatic rings. The van der Waals surface area contributed by atoms with E-state index in [0.717, 1.165) is 37.4 Å². The van der Waals surface area contributed by atoms with Crippen molar-refractivity contribution < 1.29 is 4.79 Å². The second kappa shape index (κ2) is 7.64. The Morgan fingerprint density at radius 2 is 2.08 bits per heavy atom. The van der Waals surface area contributed by atoms with Gasteiger partial charge in [-0.25, -0.2) is 9.97 Å². The highest BCUT2D eigenvalue weighted by molar-refractivity contribution is 5.83. The molecule has 1 aromatic heterocycles. The van der Waals surface area contributed by atoms with Gasteiger partial charge in [-0.15, -0.1) is 0 Å². The second-order valence-corrected chi connectivity index (χ2v) is 7.04. The lowest BCUT2D eigenvalue weighted by Crippen LogP contribution is -2.51. The van der Waals surface area contributed by atoms with Gasteiger partial charge in [0, 0.05) is 25.8 Å². The first-order chi connectivity index (χ1) is 12.1. The molecule has 0 saturated carbocycles. The number of hydrogen-bond donors (Lipinski definition) is 1. The number of carbonyl (C=O) groups is 1. The van der Waals surface area contributed by atoms with Crippen molar-refractivity contribution in [3.8, 4) is 0 Å². The van der Waals surface area contributed by atoms with Gasteiger partial charge < -0.3 is 10.2 Å². The van der Waals surface area contributed by atoms with Gasteiger partial charge in [-0.1, -0.05) is 30.3 Å². The van der Waals surface area contributed by atoms with Crippen molar-refractivity contribution in [2.24, 2.45) is 5.41 Å². The van der Waals surface area contributed by atoms with Crippen molar-refractivity contribution in [2.45, 2.75) is 33.1 Å². The molecule has 1 fully saturated rings. The van der Waals surface area contributed by atoms with Gasteiger partial charge in [-0.05, 0) is 44.7 Å². The quantitative estimate of drug-likeness (QED) is 0.911. The number of aromatic nitrogens is 2. The molecule has 1 amide bonds. The first kappa shape index (κ1) is 17.4. The van der Waals surface area contributed by atoms with Crippen LogP contribution in [-0.2, 0) is 11.2 Å². The molecule has 0 bridgehead atoms. The van der Waals surface area contributed by atoms with Gasteiger partial charge in [-0.2, -0.15) is 0 Å². The van der Waals surface area contributed by atoms with E-state index in [0.29, 0.717) is 13.1 Å². The van der Waals surface area contributed by atoms with Crippen molar-refractivity contribution in [3.63, 3.8) is 0 Å². The lowest BCUT2D eigenvalue weighted by molar-refractivity contribution is -0.130. The zero-order chi connectivity index (χ0) is 17.7. The molecule has 1 aliphatic heterocycles. The summed E-state index contributed by atoms with van der Waals surface area (Å²) in [6.45, 7) is 6.25. The molecule has 0 radical (unpaired) electrons. The van der Waals surface area contributed by atoms with E-state index in [9.17, 15) is 4.79 Å². The van der Waals surface area contributed by atoms with Crippen LogP contribution >= 0.6 is 0 Å². The SMILES string of the molecule is Cc1nccc(N2CCCC(C)(C(=O)NCCc3ccccc3)C2)n1. The van der Waals surface area contributed by atoms with E-state index < -0.39 is 0 Å². The number of carbonyl (C=O) groups excluding carboxylic acids is 1. The standard InChI is InChI=1S/C20H26N4O/c1-16-21-13-10-18(23-16)24-14-6-11-20(2,15-24)19(25)22-12-9-17-7-4-3-5-8-17/h3-5,7-8,10,13H,6,9,11-12,14-15H2,1-2H3,(H,22,25).